The predicted octanol–water partition coefficient (Wildman–Crippen LogP) is 2.88. The molecule has 1 amide bonds. The van der Waals surface area contributed by atoms with Crippen LogP contribution in [0, 0.1) is 5.41 Å². The summed E-state index contributed by atoms with van der Waals surface area (Å²) < 4.78 is 0. The summed E-state index contributed by atoms with van der Waals surface area (Å²) in [4.78, 5) is 11.9. The monoisotopic (exact) mass is 273 g/mol. The average molecular weight is 273 g/mol. The Bertz CT molecular complexity index is 279. The van der Waals surface area contributed by atoms with Crippen LogP contribution >= 0.6 is 24.4 Å². The third-order valence-electron chi connectivity index (χ3n) is 3.98. The second-order valence-electron chi connectivity index (χ2n) is 5.49. The van der Waals surface area contributed by atoms with E-state index in [1.54, 1.807) is 0 Å². The molecule has 98 valence electrons. The Hall–Kier alpha value is 0.170. The lowest BCUT2D eigenvalue weighted by atomic mass is 10.0. The zero-order valence-electron chi connectivity index (χ0n) is 10.6. The van der Waals surface area contributed by atoms with Crippen molar-refractivity contribution >= 4 is 30.3 Å². The minimum Gasteiger partial charge on any atom is -0.353 e. The molecule has 17 heavy (non-hydrogen) atoms. The molecule has 2 rings (SSSR count). The van der Waals surface area contributed by atoms with E-state index >= 15 is 0 Å². The Balaban J connectivity index is 1.69. The lowest BCUT2D eigenvalue weighted by Crippen LogP contribution is -2.34. The van der Waals surface area contributed by atoms with Crippen LogP contribution in [0.4, 0.5) is 0 Å². The van der Waals surface area contributed by atoms with Gasteiger partial charge in [-0.25, -0.2) is 0 Å². The lowest BCUT2D eigenvalue weighted by molar-refractivity contribution is -0.122. The van der Waals surface area contributed by atoms with Crippen molar-refractivity contribution in [1.29, 1.82) is 0 Å². The van der Waals surface area contributed by atoms with Gasteiger partial charge in [0.05, 0.1) is 0 Å². The highest BCUT2D eigenvalue weighted by atomic mass is 32.2. The molecule has 1 N–H and O–H groups in total. The molecule has 0 aromatic carbocycles. The average Bonchev–Trinajstić information content (AvgIpc) is 2.93. The molecule has 0 saturated heterocycles. The van der Waals surface area contributed by atoms with E-state index in [2.05, 4.69) is 24.9 Å². The summed E-state index contributed by atoms with van der Waals surface area (Å²) in [5.74, 6) is 2.30. The smallest absolute Gasteiger partial charge is 0.220 e. The van der Waals surface area contributed by atoms with Crippen molar-refractivity contribution in [2.75, 3.05) is 11.5 Å². The molecule has 0 aromatic heterocycles. The fourth-order valence-electron chi connectivity index (χ4n) is 2.65. The first-order valence-electron chi connectivity index (χ1n) is 6.69. The van der Waals surface area contributed by atoms with Gasteiger partial charge in [0, 0.05) is 17.7 Å². The third-order valence-corrected chi connectivity index (χ3v) is 5.88. The Morgan fingerprint density at radius 2 is 2.24 bits per heavy atom. The molecule has 2 nitrogen and oxygen atoms in total. The summed E-state index contributed by atoms with van der Waals surface area (Å²) in [7, 11) is 0. The van der Waals surface area contributed by atoms with Crippen LogP contribution in [0.3, 0.4) is 0 Å². The van der Waals surface area contributed by atoms with Crippen LogP contribution in [0.5, 0.6) is 0 Å². The fraction of sp³-hybridized carbons (Fsp3) is 0.923. The summed E-state index contributed by atoms with van der Waals surface area (Å²) in [6.45, 7) is 2.21. The number of hydrogen-bond acceptors (Lipinski definition) is 3. The van der Waals surface area contributed by atoms with E-state index in [9.17, 15) is 4.79 Å². The van der Waals surface area contributed by atoms with Gasteiger partial charge in [0.25, 0.3) is 0 Å². The van der Waals surface area contributed by atoms with Crippen LogP contribution in [0.15, 0.2) is 0 Å². The number of nitrogens with one attached hydrogen (secondary N) is 1. The van der Waals surface area contributed by atoms with Crippen molar-refractivity contribution in [1.82, 2.24) is 5.32 Å². The van der Waals surface area contributed by atoms with E-state index in [-0.39, 0.29) is 11.3 Å². The molecular formula is C13H23NOS2. The lowest BCUT2D eigenvalue weighted by Gasteiger charge is -2.16. The zero-order chi connectivity index (χ0) is 12.3. The van der Waals surface area contributed by atoms with E-state index in [4.69, 9.17) is 0 Å². The summed E-state index contributed by atoms with van der Waals surface area (Å²) in [5, 5.41) is 3.98. The molecule has 2 aliphatic rings. The molecule has 0 radical (unpaired) electrons. The second kappa shape index (κ2) is 5.87. The molecule has 2 unspecified atom stereocenters. The van der Waals surface area contributed by atoms with E-state index in [1.807, 2.05) is 11.8 Å². The Kier molecular flexibility index (Phi) is 4.70. The number of carbonyl (C=O) groups excluding carboxylic acids is 1. The highest BCUT2D eigenvalue weighted by Crippen LogP contribution is 2.49. The van der Waals surface area contributed by atoms with E-state index < -0.39 is 0 Å². The first-order valence-corrected chi connectivity index (χ1v) is 8.37. The van der Waals surface area contributed by atoms with Crippen molar-refractivity contribution in [2.45, 2.75) is 56.7 Å². The molecule has 2 atom stereocenters. The Morgan fingerprint density at radius 1 is 1.47 bits per heavy atom. The van der Waals surface area contributed by atoms with Gasteiger partial charge in [0.1, 0.15) is 0 Å². The van der Waals surface area contributed by atoms with Gasteiger partial charge >= 0.3 is 0 Å². The highest BCUT2D eigenvalue weighted by molar-refractivity contribution is 7.99. The van der Waals surface area contributed by atoms with Crippen molar-refractivity contribution < 1.29 is 4.79 Å². The first kappa shape index (κ1) is 13.6. The molecule has 0 aromatic rings. The third kappa shape index (κ3) is 3.82. The summed E-state index contributed by atoms with van der Waals surface area (Å²) in [5.41, 5.74) is 0.253. The minimum atomic E-state index is 0.253. The SMILES string of the molecule is CCSC1CCC(NC(=O)CC2(CS)CC2)C1. The maximum Gasteiger partial charge on any atom is 0.220 e. The molecule has 0 heterocycles. The first-order chi connectivity index (χ1) is 8.17. The Labute approximate surface area is 114 Å². The number of hydrogen-bond donors (Lipinski definition) is 2. The molecule has 0 aliphatic heterocycles. The molecule has 0 bridgehead atoms. The Morgan fingerprint density at radius 3 is 2.82 bits per heavy atom. The van der Waals surface area contributed by atoms with Gasteiger partial charge in [-0.3, -0.25) is 4.79 Å². The van der Waals surface area contributed by atoms with Gasteiger partial charge in [0.2, 0.25) is 5.91 Å². The minimum absolute atomic E-state index is 0.253. The summed E-state index contributed by atoms with van der Waals surface area (Å²) >= 11 is 6.38. The van der Waals surface area contributed by atoms with E-state index in [1.165, 1.54) is 25.0 Å². The normalized spacial score (nSPS) is 30.2. The number of rotatable bonds is 6. The maximum absolute atomic E-state index is 11.9. The molecule has 2 fully saturated rings. The zero-order valence-corrected chi connectivity index (χ0v) is 12.3. The van der Waals surface area contributed by atoms with Crippen LogP contribution < -0.4 is 5.32 Å². The topological polar surface area (TPSA) is 29.1 Å². The molecular weight excluding hydrogens is 250 g/mol. The van der Waals surface area contributed by atoms with Crippen molar-refractivity contribution in [2.24, 2.45) is 5.41 Å². The van der Waals surface area contributed by atoms with Gasteiger partial charge in [-0.15, -0.1) is 0 Å². The number of carbonyl (C=O) groups is 1. The van der Waals surface area contributed by atoms with E-state index in [0.717, 1.165) is 23.8 Å². The van der Waals surface area contributed by atoms with Gasteiger partial charge in [-0.2, -0.15) is 24.4 Å². The summed E-state index contributed by atoms with van der Waals surface area (Å²) in [6.07, 6.45) is 6.65. The second-order valence-corrected chi connectivity index (χ2v) is 7.38. The van der Waals surface area contributed by atoms with Gasteiger partial charge in [0.15, 0.2) is 0 Å². The van der Waals surface area contributed by atoms with Crippen molar-refractivity contribution in [3.05, 3.63) is 0 Å². The molecule has 2 aliphatic carbocycles. The van der Waals surface area contributed by atoms with Gasteiger partial charge in [-0.1, -0.05) is 6.92 Å². The van der Waals surface area contributed by atoms with Crippen LogP contribution in [-0.4, -0.2) is 28.7 Å². The van der Waals surface area contributed by atoms with Crippen LogP contribution in [0.2, 0.25) is 0 Å². The van der Waals surface area contributed by atoms with Crippen molar-refractivity contribution in [3.8, 4) is 0 Å². The van der Waals surface area contributed by atoms with Crippen LogP contribution in [0.1, 0.15) is 45.4 Å². The molecule has 0 spiro atoms. The van der Waals surface area contributed by atoms with Gasteiger partial charge in [-0.05, 0) is 49.0 Å². The van der Waals surface area contributed by atoms with Crippen molar-refractivity contribution in [3.63, 3.8) is 0 Å². The maximum atomic E-state index is 11.9. The standard InChI is InChI=1S/C13H23NOS2/c1-2-17-11-4-3-10(7-11)14-12(15)8-13(9-16)5-6-13/h10-11,16H,2-9H2,1H3,(H,14,15). The molecule has 2 saturated carbocycles. The number of thioether (sulfide) groups is 1. The predicted molar refractivity (Wildman–Crippen MR) is 77.8 cm³/mol. The number of amides is 1. The van der Waals surface area contributed by atoms with Crippen LogP contribution in [0.25, 0.3) is 0 Å². The summed E-state index contributed by atoms with van der Waals surface area (Å²) in [6, 6.07) is 0.433. The van der Waals surface area contributed by atoms with Gasteiger partial charge < -0.3 is 5.32 Å². The highest BCUT2D eigenvalue weighted by Gasteiger charge is 2.43. The van der Waals surface area contributed by atoms with Crippen LogP contribution in [-0.2, 0) is 4.79 Å². The number of thiol groups is 1. The quantitative estimate of drug-likeness (QED) is 0.729. The van der Waals surface area contributed by atoms with E-state index in [0.29, 0.717) is 12.5 Å². The fourth-order valence-corrected chi connectivity index (χ4v) is 4.22. The largest absolute Gasteiger partial charge is 0.353 e. The molecule has 4 heteroatoms.